The van der Waals surface area contributed by atoms with Gasteiger partial charge in [0, 0.05) is 21.5 Å². The summed E-state index contributed by atoms with van der Waals surface area (Å²) < 4.78 is 0. The van der Waals surface area contributed by atoms with E-state index < -0.39 is 11.8 Å². The van der Waals surface area contributed by atoms with Crippen LogP contribution in [0.1, 0.15) is 20.7 Å². The molecule has 8 heteroatoms. The summed E-state index contributed by atoms with van der Waals surface area (Å²) in [6, 6.07) is 9.93. The van der Waals surface area contributed by atoms with Crippen molar-refractivity contribution in [2.24, 2.45) is 5.84 Å². The van der Waals surface area contributed by atoms with Gasteiger partial charge in [-0.15, -0.1) is 0 Å². The predicted molar refractivity (Wildman–Crippen MR) is 103 cm³/mol. The zero-order valence-electron chi connectivity index (χ0n) is 14.2. The van der Waals surface area contributed by atoms with E-state index in [1.807, 2.05) is 0 Å². The molecule has 1 aliphatic rings. The molecule has 0 atom stereocenters. The lowest BCUT2D eigenvalue weighted by Crippen LogP contribution is -2.36. The van der Waals surface area contributed by atoms with E-state index in [4.69, 9.17) is 5.84 Å². The monoisotopic (exact) mass is 372 g/mol. The first-order chi connectivity index (χ1) is 13.5. The van der Waals surface area contributed by atoms with Gasteiger partial charge in [-0.05, 0) is 12.1 Å². The number of benzene rings is 3. The van der Waals surface area contributed by atoms with Gasteiger partial charge < -0.3 is 20.2 Å². The maximum absolute atomic E-state index is 12.9. The maximum Gasteiger partial charge on any atom is 0.276 e. The number of nitrogens with two attached hydrogens (primary N) is 1. The number of phenols is 2. The van der Waals surface area contributed by atoms with E-state index in [9.17, 15) is 19.8 Å². The topological polar surface area (TPSA) is 135 Å². The molecule has 5 aromatic rings. The number of carbonyl (C=O) groups is 2. The quantitative estimate of drug-likeness (QED) is 0.162. The second-order valence-corrected chi connectivity index (χ2v) is 6.88. The second kappa shape index (κ2) is 4.62. The molecule has 0 saturated heterocycles. The highest BCUT2D eigenvalue weighted by Crippen LogP contribution is 2.45. The maximum atomic E-state index is 12.9. The Morgan fingerprint density at radius 2 is 1.14 bits per heavy atom. The van der Waals surface area contributed by atoms with Crippen molar-refractivity contribution in [2.75, 3.05) is 0 Å². The Bertz CT molecular complexity index is 1430. The SMILES string of the molecule is NN1C(=O)c2c(c3c4cccc(O)c4[nH]c3c3[nH]c4c(O)cccc4c23)C1=O. The van der Waals surface area contributed by atoms with Crippen molar-refractivity contribution >= 4 is 55.4 Å². The molecule has 2 aromatic heterocycles. The van der Waals surface area contributed by atoms with Crippen LogP contribution < -0.4 is 5.84 Å². The Morgan fingerprint density at radius 3 is 1.57 bits per heavy atom. The molecule has 1 aliphatic heterocycles. The fraction of sp³-hybridized carbons (Fsp3) is 0. The molecule has 8 nitrogen and oxygen atoms in total. The van der Waals surface area contributed by atoms with Crippen LogP contribution in [-0.2, 0) is 0 Å². The van der Waals surface area contributed by atoms with Gasteiger partial charge in [-0.2, -0.15) is 0 Å². The third-order valence-corrected chi connectivity index (χ3v) is 5.49. The first-order valence-corrected chi connectivity index (χ1v) is 8.55. The van der Waals surface area contributed by atoms with Crippen molar-refractivity contribution in [2.45, 2.75) is 0 Å². The number of aromatic hydroxyl groups is 2. The molecular weight excluding hydrogens is 360 g/mol. The Hall–Kier alpha value is -4.04. The van der Waals surface area contributed by atoms with Gasteiger partial charge in [0.15, 0.2) is 0 Å². The van der Waals surface area contributed by atoms with Gasteiger partial charge in [0.05, 0.1) is 33.2 Å². The van der Waals surface area contributed by atoms with E-state index in [1.54, 1.807) is 24.3 Å². The van der Waals surface area contributed by atoms with E-state index in [1.165, 1.54) is 12.1 Å². The molecule has 0 saturated carbocycles. The molecule has 0 radical (unpaired) electrons. The highest BCUT2D eigenvalue weighted by Gasteiger charge is 2.39. The molecular formula is C20H12N4O4. The lowest BCUT2D eigenvalue weighted by atomic mass is 9.96. The minimum absolute atomic E-state index is 0.0240. The molecule has 0 unspecified atom stereocenters. The Morgan fingerprint density at radius 1 is 0.714 bits per heavy atom. The average molecular weight is 372 g/mol. The molecule has 0 aliphatic carbocycles. The van der Waals surface area contributed by atoms with Crippen LogP contribution in [0.5, 0.6) is 11.5 Å². The van der Waals surface area contributed by atoms with Crippen molar-refractivity contribution in [1.82, 2.24) is 15.0 Å². The van der Waals surface area contributed by atoms with Crippen LogP contribution in [0.3, 0.4) is 0 Å². The van der Waals surface area contributed by atoms with Crippen molar-refractivity contribution in [1.29, 1.82) is 0 Å². The van der Waals surface area contributed by atoms with Gasteiger partial charge in [0.25, 0.3) is 11.8 Å². The highest BCUT2D eigenvalue weighted by atomic mass is 16.3. The molecule has 28 heavy (non-hydrogen) atoms. The van der Waals surface area contributed by atoms with Gasteiger partial charge in [-0.25, -0.2) is 10.9 Å². The number of nitrogens with one attached hydrogen (secondary N) is 2. The first kappa shape index (κ1) is 15.1. The van der Waals surface area contributed by atoms with Crippen LogP contribution in [0.4, 0.5) is 0 Å². The fourth-order valence-electron chi connectivity index (χ4n) is 4.31. The summed E-state index contributed by atoms with van der Waals surface area (Å²) in [6.07, 6.45) is 0. The largest absolute Gasteiger partial charge is 0.506 e. The van der Waals surface area contributed by atoms with Crippen LogP contribution >= 0.6 is 0 Å². The predicted octanol–water partition coefficient (Wildman–Crippen LogP) is 2.84. The molecule has 0 bridgehead atoms. The number of fused-ring (bicyclic) bond motifs is 10. The van der Waals surface area contributed by atoms with E-state index in [0.717, 1.165) is 0 Å². The van der Waals surface area contributed by atoms with Crippen LogP contribution in [0.15, 0.2) is 36.4 Å². The number of aromatic nitrogens is 2. The van der Waals surface area contributed by atoms with Crippen molar-refractivity contribution in [3.8, 4) is 11.5 Å². The summed E-state index contributed by atoms with van der Waals surface area (Å²) in [5.74, 6) is 4.59. The van der Waals surface area contributed by atoms with Crippen LogP contribution in [-0.4, -0.2) is 37.0 Å². The number of H-pyrrole nitrogens is 2. The lowest BCUT2D eigenvalue weighted by Gasteiger charge is -2.02. The minimum Gasteiger partial charge on any atom is -0.506 e. The number of hydrazine groups is 1. The number of nitrogens with zero attached hydrogens (tertiary/aromatic N) is 1. The first-order valence-electron chi connectivity index (χ1n) is 8.55. The van der Waals surface area contributed by atoms with E-state index in [2.05, 4.69) is 9.97 Å². The summed E-state index contributed by atoms with van der Waals surface area (Å²) in [5, 5.41) is 23.4. The normalized spacial score (nSPS) is 14.2. The van der Waals surface area contributed by atoms with Gasteiger partial charge in [-0.3, -0.25) is 9.59 Å². The number of rotatable bonds is 0. The van der Waals surface area contributed by atoms with E-state index >= 15 is 0 Å². The van der Waals surface area contributed by atoms with Crippen LogP contribution in [0.25, 0.3) is 43.6 Å². The van der Waals surface area contributed by atoms with Gasteiger partial charge in [-0.1, -0.05) is 24.3 Å². The summed E-state index contributed by atoms with van der Waals surface area (Å²) in [4.78, 5) is 32.0. The minimum atomic E-state index is -0.606. The number of amides is 2. The molecule has 0 spiro atoms. The summed E-state index contributed by atoms with van der Waals surface area (Å²) in [6.45, 7) is 0. The molecule has 3 heterocycles. The zero-order chi connectivity index (χ0) is 19.3. The Labute approximate surface area is 155 Å². The number of hydrogen-bond donors (Lipinski definition) is 5. The number of aromatic amines is 2. The van der Waals surface area contributed by atoms with Crippen molar-refractivity contribution in [3.63, 3.8) is 0 Å². The van der Waals surface area contributed by atoms with Gasteiger partial charge in [0.2, 0.25) is 0 Å². The number of hydrogen-bond acceptors (Lipinski definition) is 5. The molecule has 136 valence electrons. The number of imide groups is 1. The van der Waals surface area contributed by atoms with E-state index in [0.29, 0.717) is 48.6 Å². The Kier molecular flexibility index (Phi) is 2.48. The van der Waals surface area contributed by atoms with Gasteiger partial charge >= 0.3 is 0 Å². The van der Waals surface area contributed by atoms with E-state index in [-0.39, 0.29) is 22.6 Å². The summed E-state index contributed by atoms with van der Waals surface area (Å²) >= 11 is 0. The van der Waals surface area contributed by atoms with Gasteiger partial charge in [0.1, 0.15) is 11.5 Å². The third-order valence-electron chi connectivity index (χ3n) is 5.49. The number of carbonyl (C=O) groups excluding carboxylic acids is 2. The highest BCUT2D eigenvalue weighted by molar-refractivity contribution is 6.39. The van der Waals surface area contributed by atoms with Crippen molar-refractivity contribution < 1.29 is 19.8 Å². The summed E-state index contributed by atoms with van der Waals surface area (Å²) in [5.41, 5.74) is 2.39. The lowest BCUT2D eigenvalue weighted by molar-refractivity contribution is 0.0655. The molecule has 6 rings (SSSR count). The third kappa shape index (κ3) is 1.51. The van der Waals surface area contributed by atoms with Crippen molar-refractivity contribution in [3.05, 3.63) is 47.5 Å². The second-order valence-electron chi connectivity index (χ2n) is 6.88. The Balaban J connectivity index is 2.02. The molecule has 3 aromatic carbocycles. The average Bonchev–Trinajstić information content (AvgIpc) is 3.31. The smallest absolute Gasteiger partial charge is 0.276 e. The van der Waals surface area contributed by atoms with Crippen LogP contribution in [0, 0.1) is 0 Å². The zero-order valence-corrected chi connectivity index (χ0v) is 14.2. The fourth-order valence-corrected chi connectivity index (χ4v) is 4.31. The molecule has 0 fully saturated rings. The summed E-state index contributed by atoms with van der Waals surface area (Å²) in [7, 11) is 0. The molecule has 2 amide bonds. The van der Waals surface area contributed by atoms with Crippen LogP contribution in [0.2, 0.25) is 0 Å². The molecule has 6 N–H and O–H groups in total. The standard InChI is InChI=1S/C20H12N4O4/c21-24-19(27)13-11-7-3-1-5-9(25)15(7)22-17(11)18-12(14(13)20(24)28)8-4-2-6-10(26)16(8)23-18/h1-6,22-23,25-26H,21H2. The number of phenolic OH excluding ortho intramolecular Hbond substituents is 2. The number of para-hydroxylation sites is 2.